The van der Waals surface area contributed by atoms with Gasteiger partial charge in [0, 0.05) is 30.7 Å². The molecule has 0 aromatic rings. The maximum atomic E-state index is 11.8. The summed E-state index contributed by atoms with van der Waals surface area (Å²) in [5, 5.41) is 16.0. The second kappa shape index (κ2) is 8.16. The van der Waals surface area contributed by atoms with Gasteiger partial charge in [0.2, 0.25) is 0 Å². The standard InChI is InChI=1S/C17H34N2O3/c1-6-17(5,12-20)11-18-13-7-9-14(10-8-13)19-15(21)22-16(2,3)4/h13-14,18,20H,6-12H2,1-5H3,(H,19,21). The Morgan fingerprint density at radius 1 is 1.14 bits per heavy atom. The van der Waals surface area contributed by atoms with Crippen molar-refractivity contribution in [2.24, 2.45) is 5.41 Å². The minimum Gasteiger partial charge on any atom is -0.444 e. The maximum absolute atomic E-state index is 11.8. The summed E-state index contributed by atoms with van der Waals surface area (Å²) >= 11 is 0. The van der Waals surface area contributed by atoms with Gasteiger partial charge in [0.25, 0.3) is 0 Å². The third-order valence-corrected chi connectivity index (χ3v) is 4.50. The number of rotatable bonds is 6. The molecule has 3 N–H and O–H groups in total. The molecule has 1 saturated carbocycles. The highest BCUT2D eigenvalue weighted by Gasteiger charge is 2.27. The molecule has 0 aromatic carbocycles. The molecule has 0 bridgehead atoms. The summed E-state index contributed by atoms with van der Waals surface area (Å²) in [7, 11) is 0. The number of aliphatic hydroxyl groups is 1. The monoisotopic (exact) mass is 314 g/mol. The molecular weight excluding hydrogens is 280 g/mol. The topological polar surface area (TPSA) is 70.6 Å². The second-order valence-corrected chi connectivity index (χ2v) is 7.90. The summed E-state index contributed by atoms with van der Waals surface area (Å²) in [5.41, 5.74) is -0.483. The van der Waals surface area contributed by atoms with Crippen molar-refractivity contribution in [1.29, 1.82) is 0 Å². The van der Waals surface area contributed by atoms with Crippen molar-refractivity contribution in [3.05, 3.63) is 0 Å². The van der Waals surface area contributed by atoms with E-state index in [1.807, 2.05) is 20.8 Å². The van der Waals surface area contributed by atoms with E-state index >= 15 is 0 Å². The normalized spacial score (nSPS) is 25.4. The van der Waals surface area contributed by atoms with E-state index in [-0.39, 0.29) is 24.2 Å². The van der Waals surface area contributed by atoms with Crippen LogP contribution in [0.3, 0.4) is 0 Å². The Morgan fingerprint density at radius 3 is 2.14 bits per heavy atom. The van der Waals surface area contributed by atoms with Crippen molar-refractivity contribution in [1.82, 2.24) is 10.6 Å². The summed E-state index contributed by atoms with van der Waals surface area (Å²) in [4.78, 5) is 11.8. The lowest BCUT2D eigenvalue weighted by Crippen LogP contribution is -2.46. The Morgan fingerprint density at radius 2 is 1.68 bits per heavy atom. The summed E-state index contributed by atoms with van der Waals surface area (Å²) in [6, 6.07) is 0.692. The Kier molecular flexibility index (Phi) is 7.13. The summed E-state index contributed by atoms with van der Waals surface area (Å²) in [5.74, 6) is 0. The Bertz CT molecular complexity index is 340. The van der Waals surface area contributed by atoms with Crippen molar-refractivity contribution in [2.45, 2.75) is 84.4 Å². The lowest BCUT2D eigenvalue weighted by Gasteiger charge is -2.33. The molecule has 0 aromatic heterocycles. The van der Waals surface area contributed by atoms with E-state index < -0.39 is 5.60 Å². The maximum Gasteiger partial charge on any atom is 0.407 e. The first kappa shape index (κ1) is 19.2. The molecule has 1 unspecified atom stereocenters. The van der Waals surface area contributed by atoms with E-state index in [0.29, 0.717) is 6.04 Å². The minimum atomic E-state index is -0.447. The molecule has 1 amide bonds. The Balaban J connectivity index is 2.27. The van der Waals surface area contributed by atoms with Crippen LogP contribution in [0.15, 0.2) is 0 Å². The van der Waals surface area contributed by atoms with Gasteiger partial charge in [0.05, 0.1) is 0 Å². The average molecular weight is 314 g/mol. The fraction of sp³-hybridized carbons (Fsp3) is 0.941. The molecular formula is C17H34N2O3. The predicted octanol–water partition coefficient (Wildman–Crippen LogP) is 2.82. The van der Waals surface area contributed by atoms with Crippen molar-refractivity contribution in [3.8, 4) is 0 Å². The number of hydrogen-bond donors (Lipinski definition) is 3. The van der Waals surface area contributed by atoms with E-state index in [0.717, 1.165) is 38.6 Å². The van der Waals surface area contributed by atoms with Crippen LogP contribution >= 0.6 is 0 Å². The summed E-state index contributed by atoms with van der Waals surface area (Å²) in [6.45, 7) is 10.9. The second-order valence-electron chi connectivity index (χ2n) is 7.90. The zero-order valence-electron chi connectivity index (χ0n) is 14.9. The van der Waals surface area contributed by atoms with E-state index in [9.17, 15) is 9.90 Å². The molecule has 1 aliphatic rings. The number of carbonyl (C=O) groups excluding carboxylic acids is 1. The smallest absolute Gasteiger partial charge is 0.407 e. The van der Waals surface area contributed by atoms with Gasteiger partial charge in [0.1, 0.15) is 5.60 Å². The largest absolute Gasteiger partial charge is 0.444 e. The fourth-order valence-electron chi connectivity index (χ4n) is 2.60. The Hall–Kier alpha value is -0.810. The minimum absolute atomic E-state index is 0.0361. The van der Waals surface area contributed by atoms with Crippen LogP contribution < -0.4 is 10.6 Å². The quantitative estimate of drug-likeness (QED) is 0.705. The van der Waals surface area contributed by atoms with Crippen molar-refractivity contribution >= 4 is 6.09 Å². The number of ether oxygens (including phenoxy) is 1. The molecule has 5 heteroatoms. The molecule has 5 nitrogen and oxygen atoms in total. The molecule has 1 atom stereocenters. The van der Waals surface area contributed by atoms with E-state index in [1.54, 1.807) is 0 Å². The summed E-state index contributed by atoms with van der Waals surface area (Å²) in [6.07, 6.45) is 4.68. The van der Waals surface area contributed by atoms with Crippen LogP contribution in [0.5, 0.6) is 0 Å². The molecule has 22 heavy (non-hydrogen) atoms. The van der Waals surface area contributed by atoms with Crippen LogP contribution in [0.1, 0.15) is 66.7 Å². The number of nitrogens with one attached hydrogen (secondary N) is 2. The number of amides is 1. The molecule has 0 spiro atoms. The highest BCUT2D eigenvalue weighted by Crippen LogP contribution is 2.23. The van der Waals surface area contributed by atoms with Gasteiger partial charge >= 0.3 is 6.09 Å². The third kappa shape index (κ3) is 6.97. The highest BCUT2D eigenvalue weighted by molar-refractivity contribution is 5.68. The molecule has 130 valence electrons. The van der Waals surface area contributed by atoms with Gasteiger partial charge < -0.3 is 20.5 Å². The van der Waals surface area contributed by atoms with Gasteiger partial charge in [-0.05, 0) is 52.9 Å². The number of aliphatic hydroxyl groups excluding tert-OH is 1. The average Bonchev–Trinajstić information content (AvgIpc) is 2.44. The number of hydrogen-bond acceptors (Lipinski definition) is 4. The van der Waals surface area contributed by atoms with Crippen LogP contribution in [-0.2, 0) is 4.74 Å². The molecule has 0 saturated heterocycles. The lowest BCUT2D eigenvalue weighted by molar-refractivity contribution is 0.0488. The van der Waals surface area contributed by atoms with Gasteiger partial charge in [-0.2, -0.15) is 0 Å². The first-order chi connectivity index (χ1) is 10.2. The molecule has 1 aliphatic carbocycles. The first-order valence-electron chi connectivity index (χ1n) is 8.51. The van der Waals surface area contributed by atoms with Crippen molar-refractivity contribution in [2.75, 3.05) is 13.2 Å². The van der Waals surface area contributed by atoms with Gasteiger partial charge in [-0.1, -0.05) is 13.8 Å². The molecule has 0 heterocycles. The van der Waals surface area contributed by atoms with Gasteiger partial charge in [-0.25, -0.2) is 4.79 Å². The predicted molar refractivity (Wildman–Crippen MR) is 88.9 cm³/mol. The van der Waals surface area contributed by atoms with E-state index in [1.165, 1.54) is 0 Å². The molecule has 0 radical (unpaired) electrons. The highest BCUT2D eigenvalue weighted by atomic mass is 16.6. The van der Waals surface area contributed by atoms with Crippen LogP contribution in [0.4, 0.5) is 4.79 Å². The van der Waals surface area contributed by atoms with Crippen LogP contribution in [0, 0.1) is 5.41 Å². The zero-order valence-corrected chi connectivity index (χ0v) is 14.9. The molecule has 0 aliphatic heterocycles. The fourth-order valence-corrected chi connectivity index (χ4v) is 2.60. The molecule has 1 rings (SSSR count). The first-order valence-corrected chi connectivity index (χ1v) is 8.51. The lowest BCUT2D eigenvalue weighted by atomic mass is 9.86. The van der Waals surface area contributed by atoms with Gasteiger partial charge in [-0.15, -0.1) is 0 Å². The van der Waals surface area contributed by atoms with E-state index in [2.05, 4.69) is 24.5 Å². The zero-order chi connectivity index (χ0) is 16.8. The number of alkyl carbamates (subject to hydrolysis) is 1. The van der Waals surface area contributed by atoms with Crippen molar-refractivity contribution in [3.63, 3.8) is 0 Å². The van der Waals surface area contributed by atoms with Crippen LogP contribution in [0.25, 0.3) is 0 Å². The number of carbonyl (C=O) groups is 1. The Labute approximate surface area is 135 Å². The third-order valence-electron chi connectivity index (χ3n) is 4.50. The van der Waals surface area contributed by atoms with Crippen LogP contribution in [0.2, 0.25) is 0 Å². The van der Waals surface area contributed by atoms with Crippen LogP contribution in [-0.4, -0.2) is 42.0 Å². The molecule has 1 fully saturated rings. The van der Waals surface area contributed by atoms with Gasteiger partial charge in [0.15, 0.2) is 0 Å². The summed E-state index contributed by atoms with van der Waals surface area (Å²) < 4.78 is 5.30. The SMILES string of the molecule is CCC(C)(CO)CNC1CCC(NC(=O)OC(C)(C)C)CC1. The van der Waals surface area contributed by atoms with Crippen molar-refractivity contribution < 1.29 is 14.6 Å². The van der Waals surface area contributed by atoms with E-state index in [4.69, 9.17) is 4.74 Å². The van der Waals surface area contributed by atoms with Gasteiger partial charge in [-0.3, -0.25) is 0 Å².